The zero-order valence-corrected chi connectivity index (χ0v) is 9.71. The standard InChI is InChI=1S/C12H16N2O2/c1-12(2)10(15)14(11(16)13(12)3)9-7-5-4-6-8-9/h4-8,10,15H,1-3H3. The molecule has 0 aromatic heterocycles. The first kappa shape index (κ1) is 11.0. The molecule has 2 rings (SSSR count). The second-order valence-corrected chi connectivity index (χ2v) is 4.57. The molecule has 1 fully saturated rings. The lowest BCUT2D eigenvalue weighted by Gasteiger charge is -2.29. The van der Waals surface area contributed by atoms with Gasteiger partial charge >= 0.3 is 6.03 Å². The number of para-hydroxylation sites is 1. The van der Waals surface area contributed by atoms with Crippen molar-refractivity contribution in [1.82, 2.24) is 4.90 Å². The molecule has 0 aliphatic carbocycles. The van der Waals surface area contributed by atoms with Crippen LogP contribution in [0.2, 0.25) is 0 Å². The van der Waals surface area contributed by atoms with Gasteiger partial charge in [0.05, 0.1) is 5.54 Å². The fourth-order valence-corrected chi connectivity index (χ4v) is 1.84. The van der Waals surface area contributed by atoms with Gasteiger partial charge in [-0.15, -0.1) is 0 Å². The van der Waals surface area contributed by atoms with Crippen LogP contribution in [0.3, 0.4) is 0 Å². The van der Waals surface area contributed by atoms with Gasteiger partial charge in [-0.2, -0.15) is 0 Å². The van der Waals surface area contributed by atoms with Crippen molar-refractivity contribution in [2.75, 3.05) is 11.9 Å². The van der Waals surface area contributed by atoms with Crippen molar-refractivity contribution in [3.63, 3.8) is 0 Å². The maximum Gasteiger partial charge on any atom is 0.327 e. The monoisotopic (exact) mass is 220 g/mol. The normalized spacial score (nSPS) is 24.0. The number of benzene rings is 1. The lowest BCUT2D eigenvalue weighted by atomic mass is 10.0. The summed E-state index contributed by atoms with van der Waals surface area (Å²) in [4.78, 5) is 15.0. The maximum atomic E-state index is 12.0. The molecule has 1 aromatic carbocycles. The Kier molecular flexibility index (Phi) is 2.39. The number of nitrogens with zero attached hydrogens (tertiary/aromatic N) is 2. The highest BCUT2D eigenvalue weighted by Crippen LogP contribution is 2.33. The molecule has 1 heterocycles. The number of urea groups is 1. The number of carbonyl (C=O) groups is 1. The van der Waals surface area contributed by atoms with Crippen molar-refractivity contribution < 1.29 is 9.90 Å². The first-order valence-corrected chi connectivity index (χ1v) is 5.26. The summed E-state index contributed by atoms with van der Waals surface area (Å²) in [7, 11) is 1.70. The molecule has 86 valence electrons. The van der Waals surface area contributed by atoms with Crippen molar-refractivity contribution in [3.05, 3.63) is 30.3 Å². The molecule has 4 nitrogen and oxygen atoms in total. The fourth-order valence-electron chi connectivity index (χ4n) is 1.84. The van der Waals surface area contributed by atoms with E-state index in [4.69, 9.17) is 0 Å². The van der Waals surface area contributed by atoms with Crippen molar-refractivity contribution in [3.8, 4) is 0 Å². The summed E-state index contributed by atoms with van der Waals surface area (Å²) < 4.78 is 0. The van der Waals surface area contributed by atoms with E-state index < -0.39 is 11.8 Å². The number of hydrogen-bond acceptors (Lipinski definition) is 2. The Hall–Kier alpha value is -1.55. The van der Waals surface area contributed by atoms with E-state index >= 15 is 0 Å². The van der Waals surface area contributed by atoms with Gasteiger partial charge in [0, 0.05) is 12.7 Å². The molecule has 1 aliphatic heterocycles. The highest BCUT2D eigenvalue weighted by Gasteiger charge is 2.49. The van der Waals surface area contributed by atoms with Crippen molar-refractivity contribution in [2.45, 2.75) is 25.6 Å². The minimum atomic E-state index is -0.826. The molecule has 1 aromatic rings. The van der Waals surface area contributed by atoms with Crippen LogP contribution < -0.4 is 4.90 Å². The first-order valence-electron chi connectivity index (χ1n) is 5.26. The van der Waals surface area contributed by atoms with Gasteiger partial charge in [0.2, 0.25) is 0 Å². The summed E-state index contributed by atoms with van der Waals surface area (Å²) in [5.41, 5.74) is 0.143. The second kappa shape index (κ2) is 3.49. The van der Waals surface area contributed by atoms with Gasteiger partial charge in [0.25, 0.3) is 0 Å². The third kappa shape index (κ3) is 1.38. The molecule has 0 spiro atoms. The van der Waals surface area contributed by atoms with Gasteiger partial charge in [-0.05, 0) is 26.0 Å². The molecule has 1 unspecified atom stereocenters. The average molecular weight is 220 g/mol. The number of rotatable bonds is 1. The Balaban J connectivity index is 2.41. The van der Waals surface area contributed by atoms with Crippen molar-refractivity contribution >= 4 is 11.7 Å². The third-order valence-corrected chi connectivity index (χ3v) is 3.27. The van der Waals surface area contributed by atoms with Crippen LogP contribution in [0.15, 0.2) is 30.3 Å². The van der Waals surface area contributed by atoms with Crippen LogP contribution in [-0.2, 0) is 0 Å². The highest BCUT2D eigenvalue weighted by atomic mass is 16.3. The summed E-state index contributed by atoms with van der Waals surface area (Å²) in [6, 6.07) is 9.03. The largest absolute Gasteiger partial charge is 0.371 e. The molecule has 4 heteroatoms. The molecule has 16 heavy (non-hydrogen) atoms. The number of aliphatic hydroxyl groups is 1. The van der Waals surface area contributed by atoms with E-state index in [9.17, 15) is 9.90 Å². The zero-order chi connectivity index (χ0) is 11.9. The molecule has 1 saturated heterocycles. The molecule has 0 radical (unpaired) electrons. The van der Waals surface area contributed by atoms with Gasteiger partial charge in [-0.25, -0.2) is 4.79 Å². The van der Waals surface area contributed by atoms with Crippen molar-refractivity contribution in [2.24, 2.45) is 0 Å². The van der Waals surface area contributed by atoms with E-state index in [0.717, 1.165) is 5.69 Å². The van der Waals surface area contributed by atoms with Gasteiger partial charge in [-0.3, -0.25) is 4.90 Å². The molecule has 1 atom stereocenters. The molecular weight excluding hydrogens is 204 g/mol. The quantitative estimate of drug-likeness (QED) is 0.782. The SMILES string of the molecule is CN1C(=O)N(c2ccccc2)C(O)C1(C)C. The van der Waals surface area contributed by atoms with Gasteiger partial charge in [0.15, 0.2) is 6.23 Å². The second-order valence-electron chi connectivity index (χ2n) is 4.57. The summed E-state index contributed by atoms with van der Waals surface area (Å²) in [5.74, 6) is 0. The Labute approximate surface area is 95.1 Å². The summed E-state index contributed by atoms with van der Waals surface area (Å²) in [6.07, 6.45) is -0.826. The van der Waals surface area contributed by atoms with E-state index in [0.29, 0.717) is 0 Å². The lowest BCUT2D eigenvalue weighted by molar-refractivity contribution is 0.0725. The molecule has 0 saturated carbocycles. The maximum absolute atomic E-state index is 12.0. The molecular formula is C12H16N2O2. The van der Waals surface area contributed by atoms with E-state index in [1.54, 1.807) is 11.9 Å². The number of hydrogen-bond donors (Lipinski definition) is 1. The van der Waals surface area contributed by atoms with E-state index in [1.807, 2.05) is 44.2 Å². The number of anilines is 1. The number of carbonyl (C=O) groups excluding carboxylic acids is 1. The van der Waals surface area contributed by atoms with Crippen LogP contribution in [0.1, 0.15) is 13.8 Å². The minimum absolute atomic E-state index is 0.177. The molecule has 1 aliphatic rings. The summed E-state index contributed by atoms with van der Waals surface area (Å²) in [6.45, 7) is 3.69. The van der Waals surface area contributed by atoms with E-state index in [-0.39, 0.29) is 6.03 Å². The topological polar surface area (TPSA) is 43.8 Å². The van der Waals surface area contributed by atoms with Crippen LogP contribution in [0.4, 0.5) is 10.5 Å². The smallest absolute Gasteiger partial charge is 0.327 e. The van der Waals surface area contributed by atoms with Crippen molar-refractivity contribution in [1.29, 1.82) is 0 Å². The predicted octanol–water partition coefficient (Wildman–Crippen LogP) is 1.66. The Morgan fingerprint density at radius 3 is 2.25 bits per heavy atom. The summed E-state index contributed by atoms with van der Waals surface area (Å²) in [5, 5.41) is 10.2. The molecule has 2 amide bonds. The van der Waals surface area contributed by atoms with Gasteiger partial charge in [-0.1, -0.05) is 18.2 Å². The first-order chi connectivity index (χ1) is 7.46. The Morgan fingerprint density at radius 1 is 1.25 bits per heavy atom. The van der Waals surface area contributed by atoms with Crippen LogP contribution >= 0.6 is 0 Å². The molecule has 0 bridgehead atoms. The Bertz CT molecular complexity index is 403. The van der Waals surface area contributed by atoms with Crippen LogP contribution in [0, 0.1) is 0 Å². The third-order valence-electron chi connectivity index (χ3n) is 3.27. The van der Waals surface area contributed by atoms with Gasteiger partial charge < -0.3 is 10.0 Å². The minimum Gasteiger partial charge on any atom is -0.371 e. The lowest BCUT2D eigenvalue weighted by Crippen LogP contribution is -2.45. The predicted molar refractivity (Wildman–Crippen MR) is 62.2 cm³/mol. The molecule has 1 N–H and O–H groups in total. The number of likely N-dealkylation sites (N-methyl/N-ethyl adjacent to an activating group) is 1. The zero-order valence-electron chi connectivity index (χ0n) is 9.71. The fraction of sp³-hybridized carbons (Fsp3) is 0.417. The van der Waals surface area contributed by atoms with Gasteiger partial charge in [0.1, 0.15) is 0 Å². The Morgan fingerprint density at radius 2 is 1.81 bits per heavy atom. The number of amides is 2. The highest BCUT2D eigenvalue weighted by molar-refractivity contribution is 5.95. The van der Waals surface area contributed by atoms with Crippen LogP contribution in [-0.4, -0.2) is 34.9 Å². The summed E-state index contributed by atoms with van der Waals surface area (Å²) >= 11 is 0. The van der Waals surface area contributed by atoms with E-state index in [2.05, 4.69) is 0 Å². The number of aliphatic hydroxyl groups excluding tert-OH is 1. The van der Waals surface area contributed by atoms with Crippen LogP contribution in [0.25, 0.3) is 0 Å². The average Bonchev–Trinajstić information content (AvgIpc) is 2.42. The van der Waals surface area contributed by atoms with Crippen LogP contribution in [0.5, 0.6) is 0 Å². The van der Waals surface area contributed by atoms with E-state index in [1.165, 1.54) is 4.90 Å².